The summed E-state index contributed by atoms with van der Waals surface area (Å²) < 4.78 is 25.7. The first kappa shape index (κ1) is 18.4. The summed E-state index contributed by atoms with van der Waals surface area (Å²) in [7, 11) is -3.50. The third kappa shape index (κ3) is 5.00. The van der Waals surface area contributed by atoms with Crippen molar-refractivity contribution in [2.75, 3.05) is 45.0 Å². The van der Waals surface area contributed by atoms with Crippen LogP contribution in [0.25, 0.3) is 0 Å². The molecule has 0 unspecified atom stereocenters. The van der Waals surface area contributed by atoms with E-state index >= 15 is 0 Å². The lowest BCUT2D eigenvalue weighted by atomic mass is 10.3. The standard InChI is InChI=1S/C15H25N3O3S2/c1-3-18(4-2)23(20,21)13-15(19)17-9-7-16(8-10-17)12-14-6-5-11-22-14/h5-6,11H,3-4,7-10,12-13H2,1-2H3. The first-order valence-electron chi connectivity index (χ1n) is 7.96. The molecule has 23 heavy (non-hydrogen) atoms. The molecule has 1 fully saturated rings. The second kappa shape index (κ2) is 8.23. The van der Waals surface area contributed by atoms with E-state index in [1.165, 1.54) is 9.18 Å². The summed E-state index contributed by atoms with van der Waals surface area (Å²) in [5.41, 5.74) is 0. The summed E-state index contributed by atoms with van der Waals surface area (Å²) >= 11 is 1.73. The lowest BCUT2D eigenvalue weighted by molar-refractivity contribution is -0.130. The van der Waals surface area contributed by atoms with E-state index in [0.717, 1.165) is 19.6 Å². The molecule has 0 atom stereocenters. The van der Waals surface area contributed by atoms with E-state index in [-0.39, 0.29) is 5.91 Å². The van der Waals surface area contributed by atoms with E-state index in [1.807, 2.05) is 6.07 Å². The van der Waals surface area contributed by atoms with Gasteiger partial charge in [0.15, 0.2) is 0 Å². The van der Waals surface area contributed by atoms with Crippen molar-refractivity contribution in [2.45, 2.75) is 20.4 Å². The number of piperazine rings is 1. The number of carbonyl (C=O) groups excluding carboxylic acids is 1. The lowest BCUT2D eigenvalue weighted by Gasteiger charge is -2.34. The average molecular weight is 360 g/mol. The molecule has 0 N–H and O–H groups in total. The molecular weight excluding hydrogens is 334 g/mol. The van der Waals surface area contributed by atoms with Gasteiger partial charge in [-0.15, -0.1) is 11.3 Å². The fraction of sp³-hybridized carbons (Fsp3) is 0.667. The van der Waals surface area contributed by atoms with Crippen molar-refractivity contribution in [3.63, 3.8) is 0 Å². The zero-order valence-electron chi connectivity index (χ0n) is 13.8. The SMILES string of the molecule is CCN(CC)S(=O)(=O)CC(=O)N1CCN(Cc2cccs2)CC1. The van der Waals surface area contributed by atoms with Crippen LogP contribution in [0, 0.1) is 0 Å². The van der Waals surface area contributed by atoms with Crippen LogP contribution >= 0.6 is 11.3 Å². The molecule has 0 bridgehead atoms. The van der Waals surface area contributed by atoms with Crippen molar-refractivity contribution < 1.29 is 13.2 Å². The minimum Gasteiger partial charge on any atom is -0.339 e. The molecule has 8 heteroatoms. The number of amides is 1. The molecule has 1 aromatic rings. The number of rotatable bonds is 7. The first-order chi connectivity index (χ1) is 11.0. The highest BCUT2D eigenvalue weighted by atomic mass is 32.2. The van der Waals surface area contributed by atoms with E-state index in [2.05, 4.69) is 16.3 Å². The summed E-state index contributed by atoms with van der Waals surface area (Å²) in [5.74, 6) is -0.702. The Bertz CT molecular complexity index is 589. The van der Waals surface area contributed by atoms with Gasteiger partial charge in [-0.05, 0) is 11.4 Å². The normalized spacial score (nSPS) is 16.9. The fourth-order valence-electron chi connectivity index (χ4n) is 2.73. The minimum absolute atomic E-state index is 0.285. The van der Waals surface area contributed by atoms with Gasteiger partial charge in [0.1, 0.15) is 5.75 Å². The second-order valence-corrected chi connectivity index (χ2v) is 8.58. The molecule has 0 aliphatic carbocycles. The van der Waals surface area contributed by atoms with Gasteiger partial charge >= 0.3 is 0 Å². The Morgan fingerprint density at radius 1 is 1.22 bits per heavy atom. The summed E-state index contributed by atoms with van der Waals surface area (Å²) in [6.45, 7) is 8.04. The lowest BCUT2D eigenvalue weighted by Crippen LogP contribution is -2.50. The van der Waals surface area contributed by atoms with Crippen molar-refractivity contribution in [1.82, 2.24) is 14.1 Å². The molecule has 0 aromatic carbocycles. The predicted molar refractivity (Wildman–Crippen MR) is 92.9 cm³/mol. The summed E-state index contributed by atoms with van der Waals surface area (Å²) in [6.07, 6.45) is 0. The van der Waals surface area contributed by atoms with Crippen LogP contribution in [0.15, 0.2) is 17.5 Å². The largest absolute Gasteiger partial charge is 0.339 e. The fourth-order valence-corrected chi connectivity index (χ4v) is 4.94. The van der Waals surface area contributed by atoms with Crippen LogP contribution < -0.4 is 0 Å². The quantitative estimate of drug-likeness (QED) is 0.730. The summed E-state index contributed by atoms with van der Waals surface area (Å²) in [4.78, 5) is 17.6. The Morgan fingerprint density at radius 3 is 2.39 bits per heavy atom. The molecule has 1 aliphatic heterocycles. The van der Waals surface area contributed by atoms with Gasteiger partial charge in [-0.25, -0.2) is 12.7 Å². The van der Waals surface area contributed by atoms with Crippen molar-refractivity contribution in [1.29, 1.82) is 0 Å². The summed E-state index contributed by atoms with van der Waals surface area (Å²) in [6, 6.07) is 4.15. The molecule has 6 nitrogen and oxygen atoms in total. The predicted octanol–water partition coefficient (Wildman–Crippen LogP) is 1.06. The highest BCUT2D eigenvalue weighted by Crippen LogP contribution is 2.14. The van der Waals surface area contributed by atoms with Crippen LogP contribution in [-0.2, 0) is 21.4 Å². The van der Waals surface area contributed by atoms with E-state index < -0.39 is 15.8 Å². The van der Waals surface area contributed by atoms with Crippen LogP contribution in [0.3, 0.4) is 0 Å². The smallest absolute Gasteiger partial charge is 0.239 e. The van der Waals surface area contributed by atoms with Crippen LogP contribution in [-0.4, -0.2) is 73.5 Å². The molecule has 0 radical (unpaired) electrons. The minimum atomic E-state index is -3.50. The van der Waals surface area contributed by atoms with Gasteiger partial charge in [0.2, 0.25) is 15.9 Å². The Kier molecular flexibility index (Phi) is 6.58. The Labute approximate surface area is 142 Å². The summed E-state index contributed by atoms with van der Waals surface area (Å²) in [5, 5.41) is 2.06. The van der Waals surface area contributed by atoms with Crippen LogP contribution in [0.2, 0.25) is 0 Å². The third-order valence-electron chi connectivity index (χ3n) is 4.09. The Hall–Kier alpha value is -0.960. The zero-order valence-corrected chi connectivity index (χ0v) is 15.4. The molecule has 0 saturated carbocycles. The van der Waals surface area contributed by atoms with Crippen LogP contribution in [0.5, 0.6) is 0 Å². The Balaban J connectivity index is 1.83. The monoisotopic (exact) mass is 359 g/mol. The Morgan fingerprint density at radius 2 is 1.87 bits per heavy atom. The maximum Gasteiger partial charge on any atom is 0.239 e. The van der Waals surface area contributed by atoms with Gasteiger partial charge in [-0.1, -0.05) is 19.9 Å². The molecule has 1 saturated heterocycles. The second-order valence-electron chi connectivity index (χ2n) is 5.58. The molecule has 130 valence electrons. The molecule has 0 spiro atoms. The molecule has 1 aromatic heterocycles. The number of nitrogens with zero attached hydrogens (tertiary/aromatic N) is 3. The number of hydrogen-bond donors (Lipinski definition) is 0. The van der Waals surface area contributed by atoms with Gasteiger partial charge in [0.25, 0.3) is 0 Å². The number of thiophene rings is 1. The van der Waals surface area contributed by atoms with Crippen LogP contribution in [0.1, 0.15) is 18.7 Å². The molecular formula is C15H25N3O3S2. The van der Waals surface area contributed by atoms with E-state index in [0.29, 0.717) is 26.2 Å². The molecule has 2 rings (SSSR count). The molecule has 1 amide bonds. The van der Waals surface area contributed by atoms with Gasteiger partial charge < -0.3 is 4.90 Å². The average Bonchev–Trinajstić information content (AvgIpc) is 3.01. The number of hydrogen-bond acceptors (Lipinski definition) is 5. The number of sulfonamides is 1. The third-order valence-corrected chi connectivity index (χ3v) is 6.87. The van der Waals surface area contributed by atoms with Crippen molar-refractivity contribution in [3.05, 3.63) is 22.4 Å². The first-order valence-corrected chi connectivity index (χ1v) is 10.5. The van der Waals surface area contributed by atoms with Gasteiger partial charge in [0, 0.05) is 50.7 Å². The van der Waals surface area contributed by atoms with Gasteiger partial charge in [-0.3, -0.25) is 9.69 Å². The maximum absolute atomic E-state index is 12.3. The van der Waals surface area contributed by atoms with Gasteiger partial charge in [-0.2, -0.15) is 0 Å². The number of carbonyl (C=O) groups is 1. The van der Waals surface area contributed by atoms with Gasteiger partial charge in [0.05, 0.1) is 0 Å². The van der Waals surface area contributed by atoms with Crippen molar-refractivity contribution in [2.24, 2.45) is 0 Å². The zero-order chi connectivity index (χ0) is 16.9. The van der Waals surface area contributed by atoms with Crippen molar-refractivity contribution >= 4 is 27.3 Å². The highest BCUT2D eigenvalue weighted by molar-refractivity contribution is 7.89. The van der Waals surface area contributed by atoms with E-state index in [9.17, 15) is 13.2 Å². The van der Waals surface area contributed by atoms with E-state index in [1.54, 1.807) is 30.1 Å². The topological polar surface area (TPSA) is 60.9 Å². The molecule has 2 heterocycles. The highest BCUT2D eigenvalue weighted by Gasteiger charge is 2.28. The van der Waals surface area contributed by atoms with E-state index in [4.69, 9.17) is 0 Å². The van der Waals surface area contributed by atoms with Crippen molar-refractivity contribution in [3.8, 4) is 0 Å². The maximum atomic E-state index is 12.3. The molecule has 1 aliphatic rings. The van der Waals surface area contributed by atoms with Crippen LogP contribution in [0.4, 0.5) is 0 Å².